The Morgan fingerprint density at radius 1 is 0.935 bits per heavy atom. The minimum atomic E-state index is -0.360. The van der Waals surface area contributed by atoms with Crippen molar-refractivity contribution in [1.82, 2.24) is 18.5 Å². The second-order valence-electron chi connectivity index (χ2n) is 7.59. The Morgan fingerprint density at radius 3 is 2.32 bits per heavy atom. The number of hydrogen-bond donors (Lipinski definition) is 0. The highest BCUT2D eigenvalue weighted by Gasteiger charge is 2.24. The number of aromatic nitrogens is 4. The van der Waals surface area contributed by atoms with Gasteiger partial charge >= 0.3 is 5.69 Å². The molecule has 0 aliphatic heterocycles. The predicted molar refractivity (Wildman–Crippen MR) is 122 cm³/mol. The molecule has 0 N–H and O–H groups in total. The van der Waals surface area contributed by atoms with Gasteiger partial charge in [-0.1, -0.05) is 19.1 Å². The SMILES string of the molecule is CCc1nc2ccccc2n2c(-c3ccc(OC)cc3)c3c(=O)n(C)c(=O)n(C)c3c12. The van der Waals surface area contributed by atoms with E-state index in [1.54, 1.807) is 18.7 Å². The summed E-state index contributed by atoms with van der Waals surface area (Å²) in [4.78, 5) is 31.1. The molecule has 0 saturated carbocycles. The molecule has 3 heterocycles. The van der Waals surface area contributed by atoms with Crippen LogP contribution in [-0.4, -0.2) is 25.6 Å². The zero-order chi connectivity index (χ0) is 21.9. The zero-order valence-corrected chi connectivity index (χ0v) is 17.8. The summed E-state index contributed by atoms with van der Waals surface area (Å²) in [6.45, 7) is 2.03. The number of hydrogen-bond acceptors (Lipinski definition) is 4. The molecule has 0 saturated heterocycles. The van der Waals surface area contributed by atoms with Gasteiger partial charge < -0.3 is 9.14 Å². The molecule has 0 radical (unpaired) electrons. The van der Waals surface area contributed by atoms with E-state index in [9.17, 15) is 9.59 Å². The van der Waals surface area contributed by atoms with Gasteiger partial charge in [-0.2, -0.15) is 0 Å². The van der Waals surface area contributed by atoms with E-state index in [0.717, 1.165) is 43.8 Å². The molecule has 0 spiro atoms. The van der Waals surface area contributed by atoms with E-state index in [1.165, 1.54) is 7.05 Å². The molecule has 0 bridgehead atoms. The summed E-state index contributed by atoms with van der Waals surface area (Å²) in [5.41, 5.74) is 4.88. The van der Waals surface area contributed by atoms with E-state index in [-0.39, 0.29) is 11.2 Å². The molecule has 31 heavy (non-hydrogen) atoms. The summed E-state index contributed by atoms with van der Waals surface area (Å²) in [5.74, 6) is 0.731. The van der Waals surface area contributed by atoms with E-state index in [4.69, 9.17) is 9.72 Å². The number of nitrogens with zero attached hydrogens (tertiary/aromatic N) is 4. The van der Waals surface area contributed by atoms with Crippen molar-refractivity contribution < 1.29 is 4.74 Å². The monoisotopic (exact) mass is 414 g/mol. The van der Waals surface area contributed by atoms with Gasteiger partial charge in [0.05, 0.1) is 46.0 Å². The topological polar surface area (TPSA) is 70.5 Å². The molecule has 5 rings (SSSR count). The van der Waals surface area contributed by atoms with Crippen LogP contribution in [0.2, 0.25) is 0 Å². The molecule has 0 fully saturated rings. The Hall–Kier alpha value is -3.87. The molecule has 5 aromatic rings. The second-order valence-corrected chi connectivity index (χ2v) is 7.59. The largest absolute Gasteiger partial charge is 0.497 e. The van der Waals surface area contributed by atoms with Crippen molar-refractivity contribution in [1.29, 1.82) is 0 Å². The number of benzene rings is 2. The Balaban J connectivity index is 2.16. The number of rotatable bonds is 3. The van der Waals surface area contributed by atoms with Gasteiger partial charge in [-0.25, -0.2) is 9.78 Å². The first kappa shape index (κ1) is 19.1. The predicted octanol–water partition coefficient (Wildman–Crippen LogP) is 3.28. The van der Waals surface area contributed by atoms with Crippen molar-refractivity contribution in [3.63, 3.8) is 0 Å². The van der Waals surface area contributed by atoms with Crippen molar-refractivity contribution in [2.24, 2.45) is 14.1 Å². The summed E-state index contributed by atoms with van der Waals surface area (Å²) < 4.78 is 10.1. The highest BCUT2D eigenvalue weighted by molar-refractivity contribution is 6.07. The van der Waals surface area contributed by atoms with Crippen molar-refractivity contribution in [3.8, 4) is 17.0 Å². The molecule has 7 nitrogen and oxygen atoms in total. The lowest BCUT2D eigenvalue weighted by atomic mass is 10.1. The molecule has 3 aromatic heterocycles. The molecular formula is C24H22N4O3. The van der Waals surface area contributed by atoms with Gasteiger partial charge in [0.25, 0.3) is 5.56 Å². The van der Waals surface area contributed by atoms with Crippen molar-refractivity contribution >= 4 is 27.5 Å². The summed E-state index contributed by atoms with van der Waals surface area (Å²) in [6.07, 6.45) is 0.666. The van der Waals surface area contributed by atoms with Crippen LogP contribution in [0.3, 0.4) is 0 Å². The minimum Gasteiger partial charge on any atom is -0.497 e. The van der Waals surface area contributed by atoms with Crippen LogP contribution >= 0.6 is 0 Å². The lowest BCUT2D eigenvalue weighted by Crippen LogP contribution is -2.36. The molecule has 0 atom stereocenters. The first-order chi connectivity index (χ1) is 15.0. The molecule has 156 valence electrons. The molecular weight excluding hydrogens is 392 g/mol. The third kappa shape index (κ3) is 2.56. The fourth-order valence-electron chi connectivity index (χ4n) is 4.39. The van der Waals surface area contributed by atoms with E-state index in [1.807, 2.05) is 55.5 Å². The van der Waals surface area contributed by atoms with Crippen LogP contribution in [0.1, 0.15) is 12.6 Å². The molecule has 0 aliphatic rings. The Bertz CT molecular complexity index is 1610. The summed E-state index contributed by atoms with van der Waals surface area (Å²) in [6, 6.07) is 15.5. The van der Waals surface area contributed by atoms with Gasteiger partial charge in [0.2, 0.25) is 0 Å². The maximum absolute atomic E-state index is 13.4. The summed E-state index contributed by atoms with van der Waals surface area (Å²) in [5, 5.41) is 0.502. The van der Waals surface area contributed by atoms with Crippen molar-refractivity contribution in [3.05, 3.63) is 75.1 Å². The van der Waals surface area contributed by atoms with Crippen LogP contribution in [0.25, 0.3) is 38.7 Å². The van der Waals surface area contributed by atoms with Crippen LogP contribution in [0.4, 0.5) is 0 Å². The average molecular weight is 414 g/mol. The van der Waals surface area contributed by atoms with Crippen LogP contribution in [0, 0.1) is 0 Å². The quantitative estimate of drug-likeness (QED) is 0.454. The normalized spacial score (nSPS) is 11.6. The van der Waals surface area contributed by atoms with Gasteiger partial charge in [0.1, 0.15) is 5.75 Å². The lowest BCUT2D eigenvalue weighted by molar-refractivity contribution is 0.415. The highest BCUT2D eigenvalue weighted by atomic mass is 16.5. The van der Waals surface area contributed by atoms with Crippen LogP contribution < -0.4 is 16.0 Å². The van der Waals surface area contributed by atoms with E-state index in [0.29, 0.717) is 17.3 Å². The first-order valence-electron chi connectivity index (χ1n) is 10.1. The fraction of sp³-hybridized carbons (Fsp3) is 0.208. The van der Waals surface area contributed by atoms with Gasteiger partial charge in [-0.15, -0.1) is 0 Å². The Labute approximate surface area is 177 Å². The number of fused-ring (bicyclic) bond motifs is 5. The van der Waals surface area contributed by atoms with Gasteiger partial charge in [-0.3, -0.25) is 13.9 Å². The summed E-state index contributed by atoms with van der Waals surface area (Å²) in [7, 11) is 4.84. The number of ether oxygens (including phenoxy) is 1. The van der Waals surface area contributed by atoms with Gasteiger partial charge in [0.15, 0.2) is 0 Å². The second kappa shape index (κ2) is 6.84. The molecule has 2 aromatic carbocycles. The molecule has 0 unspecified atom stereocenters. The average Bonchev–Trinajstić information content (AvgIpc) is 3.17. The fourth-order valence-corrected chi connectivity index (χ4v) is 4.39. The maximum Gasteiger partial charge on any atom is 0.331 e. The van der Waals surface area contributed by atoms with Crippen LogP contribution in [0.5, 0.6) is 5.75 Å². The number of aryl methyl sites for hydroxylation is 2. The summed E-state index contributed by atoms with van der Waals surface area (Å²) >= 11 is 0. The van der Waals surface area contributed by atoms with Crippen molar-refractivity contribution in [2.45, 2.75) is 13.3 Å². The lowest BCUT2D eigenvalue weighted by Gasteiger charge is -2.11. The van der Waals surface area contributed by atoms with Gasteiger partial charge in [-0.05, 0) is 48.4 Å². The third-order valence-electron chi connectivity index (χ3n) is 5.92. The minimum absolute atomic E-state index is 0.321. The van der Waals surface area contributed by atoms with Gasteiger partial charge in [0, 0.05) is 14.1 Å². The standard InChI is InChI=1S/C24H22N4O3/c1-5-16-21-22-19(23(29)27(3)24(30)26(22)2)20(14-10-12-15(31-4)13-11-14)28(21)18-9-7-6-8-17(18)25-16/h6-13H,5H2,1-4H3. The van der Waals surface area contributed by atoms with Crippen LogP contribution in [-0.2, 0) is 20.5 Å². The number of methoxy groups -OCH3 is 1. The van der Waals surface area contributed by atoms with E-state index >= 15 is 0 Å². The van der Waals surface area contributed by atoms with E-state index in [2.05, 4.69) is 4.40 Å². The highest BCUT2D eigenvalue weighted by Crippen LogP contribution is 2.36. The third-order valence-corrected chi connectivity index (χ3v) is 5.92. The van der Waals surface area contributed by atoms with Crippen LogP contribution in [0.15, 0.2) is 58.1 Å². The first-order valence-corrected chi connectivity index (χ1v) is 10.1. The van der Waals surface area contributed by atoms with E-state index < -0.39 is 0 Å². The molecule has 7 heteroatoms. The molecule has 0 amide bonds. The number of para-hydroxylation sites is 2. The maximum atomic E-state index is 13.4. The molecule has 0 aliphatic carbocycles. The Kier molecular flexibility index (Phi) is 4.22. The zero-order valence-electron chi connectivity index (χ0n) is 17.8. The Morgan fingerprint density at radius 2 is 1.65 bits per heavy atom. The van der Waals surface area contributed by atoms with Crippen molar-refractivity contribution in [2.75, 3.05) is 7.11 Å². The smallest absolute Gasteiger partial charge is 0.331 e.